The van der Waals surface area contributed by atoms with Crippen LogP contribution >= 0.6 is 11.3 Å². The molecule has 1 amide bonds. The average Bonchev–Trinajstić information content (AvgIpc) is 2.80. The summed E-state index contributed by atoms with van der Waals surface area (Å²) in [5, 5.41) is 3.23. The summed E-state index contributed by atoms with van der Waals surface area (Å²) in [7, 11) is 0. The van der Waals surface area contributed by atoms with Gasteiger partial charge in [0.25, 0.3) is 5.91 Å². The highest BCUT2D eigenvalue weighted by molar-refractivity contribution is 7.16. The van der Waals surface area contributed by atoms with E-state index in [1.165, 1.54) is 11.3 Å². The van der Waals surface area contributed by atoms with Gasteiger partial charge in [-0.25, -0.2) is 4.79 Å². The molecule has 0 unspecified atom stereocenters. The van der Waals surface area contributed by atoms with Crippen molar-refractivity contribution in [1.82, 2.24) is 4.98 Å². The monoisotopic (exact) mass is 304 g/mol. The number of aryl methyl sites for hydroxylation is 2. The van der Waals surface area contributed by atoms with Gasteiger partial charge < -0.3 is 10.1 Å². The molecule has 2 rings (SSSR count). The zero-order valence-electron chi connectivity index (χ0n) is 12.1. The number of nitrogens with one attached hydrogen (secondary N) is 1. The standard InChI is InChI=1S/C15H16N2O3S/c1-4-20-15(19)11-8-10(3)21-14(11)17-13(18)12-9(2)6-5-7-16-12/h5-8H,4H2,1-3H3,(H,17,18). The fourth-order valence-corrected chi connectivity index (χ4v) is 2.75. The van der Waals surface area contributed by atoms with Gasteiger partial charge in [0.1, 0.15) is 10.7 Å². The molecule has 0 aliphatic carbocycles. The minimum absolute atomic E-state index is 0.292. The minimum atomic E-state index is -0.435. The molecule has 0 radical (unpaired) electrons. The molecule has 1 N–H and O–H groups in total. The van der Waals surface area contributed by atoms with Crippen LogP contribution < -0.4 is 5.32 Å². The van der Waals surface area contributed by atoms with E-state index in [1.807, 2.05) is 19.9 Å². The topological polar surface area (TPSA) is 68.3 Å². The van der Waals surface area contributed by atoms with E-state index in [-0.39, 0.29) is 5.91 Å². The number of hydrogen-bond donors (Lipinski definition) is 1. The van der Waals surface area contributed by atoms with Crippen LogP contribution in [0.4, 0.5) is 5.00 Å². The summed E-state index contributed by atoms with van der Waals surface area (Å²) in [5.41, 5.74) is 1.50. The zero-order chi connectivity index (χ0) is 15.4. The maximum Gasteiger partial charge on any atom is 0.341 e. The van der Waals surface area contributed by atoms with Gasteiger partial charge in [0.05, 0.1) is 12.2 Å². The van der Waals surface area contributed by atoms with E-state index in [9.17, 15) is 9.59 Å². The average molecular weight is 304 g/mol. The molecule has 2 heterocycles. The third-order valence-electron chi connectivity index (χ3n) is 2.80. The molecule has 0 bridgehead atoms. The lowest BCUT2D eigenvalue weighted by atomic mass is 10.2. The first-order valence-corrected chi connectivity index (χ1v) is 7.35. The van der Waals surface area contributed by atoms with Gasteiger partial charge >= 0.3 is 5.97 Å². The second-order valence-corrected chi connectivity index (χ2v) is 5.70. The maximum atomic E-state index is 12.3. The number of rotatable bonds is 4. The van der Waals surface area contributed by atoms with Crippen LogP contribution in [0.5, 0.6) is 0 Å². The van der Waals surface area contributed by atoms with Crippen LogP contribution in [0.15, 0.2) is 24.4 Å². The number of aromatic nitrogens is 1. The first-order valence-electron chi connectivity index (χ1n) is 6.53. The molecule has 6 heteroatoms. The molecule has 2 aromatic rings. The summed E-state index contributed by atoms with van der Waals surface area (Å²) in [5.74, 6) is -0.768. The van der Waals surface area contributed by atoms with Crippen molar-refractivity contribution >= 4 is 28.2 Å². The Morgan fingerprint density at radius 2 is 2.14 bits per heavy atom. The van der Waals surface area contributed by atoms with Crippen molar-refractivity contribution in [2.45, 2.75) is 20.8 Å². The Hall–Kier alpha value is -2.21. The Balaban J connectivity index is 2.26. The Kier molecular flexibility index (Phi) is 4.70. The molecule has 0 saturated heterocycles. The van der Waals surface area contributed by atoms with Gasteiger partial charge in [-0.05, 0) is 38.5 Å². The molecule has 0 spiro atoms. The predicted octanol–water partition coefficient (Wildman–Crippen LogP) is 3.19. The van der Waals surface area contributed by atoms with Gasteiger partial charge in [0.15, 0.2) is 0 Å². The highest BCUT2D eigenvalue weighted by Gasteiger charge is 2.19. The molecule has 0 atom stereocenters. The van der Waals surface area contributed by atoms with Gasteiger partial charge in [0, 0.05) is 11.1 Å². The van der Waals surface area contributed by atoms with Crippen molar-refractivity contribution in [2.75, 3.05) is 11.9 Å². The van der Waals surface area contributed by atoms with Crippen molar-refractivity contribution in [2.24, 2.45) is 0 Å². The van der Waals surface area contributed by atoms with Crippen molar-refractivity contribution in [1.29, 1.82) is 0 Å². The quantitative estimate of drug-likeness (QED) is 0.881. The van der Waals surface area contributed by atoms with E-state index in [0.717, 1.165) is 10.4 Å². The minimum Gasteiger partial charge on any atom is -0.462 e. The van der Waals surface area contributed by atoms with Crippen LogP contribution in [0.2, 0.25) is 0 Å². The van der Waals surface area contributed by atoms with Crippen molar-refractivity contribution < 1.29 is 14.3 Å². The molecule has 0 saturated carbocycles. The number of carbonyl (C=O) groups excluding carboxylic acids is 2. The van der Waals surface area contributed by atoms with Crippen molar-refractivity contribution in [3.63, 3.8) is 0 Å². The lowest BCUT2D eigenvalue weighted by Gasteiger charge is -2.07. The Bertz CT molecular complexity index is 679. The number of hydrogen-bond acceptors (Lipinski definition) is 5. The van der Waals surface area contributed by atoms with Crippen molar-refractivity contribution in [3.05, 3.63) is 46.1 Å². The second kappa shape index (κ2) is 6.49. The van der Waals surface area contributed by atoms with E-state index in [2.05, 4.69) is 10.3 Å². The molecule has 21 heavy (non-hydrogen) atoms. The summed E-state index contributed by atoms with van der Waals surface area (Å²) < 4.78 is 4.99. The molecular weight excluding hydrogens is 288 g/mol. The number of amides is 1. The number of carbonyl (C=O) groups is 2. The molecule has 2 aromatic heterocycles. The van der Waals surface area contributed by atoms with Gasteiger partial charge in [-0.3, -0.25) is 9.78 Å². The highest BCUT2D eigenvalue weighted by atomic mass is 32.1. The summed E-state index contributed by atoms with van der Waals surface area (Å²) >= 11 is 1.34. The number of thiophene rings is 1. The van der Waals surface area contributed by atoms with Gasteiger partial charge in [-0.15, -0.1) is 11.3 Å². The lowest BCUT2D eigenvalue weighted by Crippen LogP contribution is -2.16. The second-order valence-electron chi connectivity index (χ2n) is 4.44. The first kappa shape index (κ1) is 15.2. The number of pyridine rings is 1. The largest absolute Gasteiger partial charge is 0.462 e. The number of anilines is 1. The fourth-order valence-electron chi connectivity index (χ4n) is 1.85. The molecule has 0 fully saturated rings. The van der Waals surface area contributed by atoms with Crippen LogP contribution in [-0.4, -0.2) is 23.5 Å². The number of nitrogens with zero attached hydrogens (tertiary/aromatic N) is 1. The summed E-state index contributed by atoms with van der Waals surface area (Å²) in [6, 6.07) is 5.29. The van der Waals surface area contributed by atoms with Crippen LogP contribution in [-0.2, 0) is 4.74 Å². The van der Waals surface area contributed by atoms with Crippen LogP contribution in [0.3, 0.4) is 0 Å². The third kappa shape index (κ3) is 3.46. The van der Waals surface area contributed by atoms with E-state index in [0.29, 0.717) is 22.9 Å². The van der Waals surface area contributed by atoms with Crippen LogP contribution in [0.1, 0.15) is 38.2 Å². The maximum absolute atomic E-state index is 12.3. The zero-order valence-corrected chi connectivity index (χ0v) is 12.9. The fraction of sp³-hybridized carbons (Fsp3) is 0.267. The van der Waals surface area contributed by atoms with E-state index in [1.54, 1.807) is 25.3 Å². The summed E-state index contributed by atoms with van der Waals surface area (Å²) in [6.45, 7) is 5.72. The van der Waals surface area contributed by atoms with Crippen LogP contribution in [0.25, 0.3) is 0 Å². The molecule has 0 aliphatic rings. The first-order chi connectivity index (χ1) is 10.0. The van der Waals surface area contributed by atoms with Gasteiger partial charge in [0.2, 0.25) is 0 Å². The molecular formula is C15H16N2O3S. The van der Waals surface area contributed by atoms with E-state index < -0.39 is 5.97 Å². The number of ether oxygens (including phenoxy) is 1. The van der Waals surface area contributed by atoms with E-state index >= 15 is 0 Å². The van der Waals surface area contributed by atoms with Crippen molar-refractivity contribution in [3.8, 4) is 0 Å². The number of esters is 1. The molecule has 0 aromatic carbocycles. The summed E-state index contributed by atoms with van der Waals surface area (Å²) in [6.07, 6.45) is 1.56. The molecule has 0 aliphatic heterocycles. The normalized spacial score (nSPS) is 10.2. The predicted molar refractivity (Wildman–Crippen MR) is 81.9 cm³/mol. The van der Waals surface area contributed by atoms with E-state index in [4.69, 9.17) is 4.74 Å². The van der Waals surface area contributed by atoms with Gasteiger partial charge in [-0.1, -0.05) is 6.07 Å². The lowest BCUT2D eigenvalue weighted by molar-refractivity contribution is 0.0528. The molecule has 110 valence electrons. The molecule has 5 nitrogen and oxygen atoms in total. The Labute approximate surface area is 127 Å². The third-order valence-corrected chi connectivity index (χ3v) is 3.77. The smallest absolute Gasteiger partial charge is 0.341 e. The summed E-state index contributed by atoms with van der Waals surface area (Å²) in [4.78, 5) is 29.1. The SMILES string of the molecule is CCOC(=O)c1cc(C)sc1NC(=O)c1ncccc1C. The van der Waals surface area contributed by atoms with Crippen LogP contribution in [0, 0.1) is 13.8 Å². The Morgan fingerprint density at radius 3 is 2.81 bits per heavy atom. The Morgan fingerprint density at radius 1 is 1.38 bits per heavy atom. The van der Waals surface area contributed by atoms with Gasteiger partial charge in [-0.2, -0.15) is 0 Å². The highest BCUT2D eigenvalue weighted by Crippen LogP contribution is 2.28.